The van der Waals surface area contributed by atoms with E-state index in [0.717, 1.165) is 0 Å². The van der Waals surface area contributed by atoms with Crippen molar-refractivity contribution in [1.29, 1.82) is 5.26 Å². The number of rotatable bonds is 6. The minimum absolute atomic E-state index is 0.0206. The fourth-order valence-corrected chi connectivity index (χ4v) is 4.42. The number of anilines is 1. The molecule has 15 heteroatoms. The van der Waals surface area contributed by atoms with Crippen LogP contribution in [0.1, 0.15) is 18.1 Å². The number of benzene rings is 1. The van der Waals surface area contributed by atoms with Crippen LogP contribution in [0, 0.1) is 23.2 Å². The predicted molar refractivity (Wildman–Crippen MR) is 123 cm³/mol. The number of hydrogen-bond donors (Lipinski definition) is 3. The van der Waals surface area contributed by atoms with Gasteiger partial charge in [0.05, 0.1) is 22.3 Å². The Balaban J connectivity index is 1.53. The molecule has 188 valence electrons. The molecule has 2 atom stereocenters. The summed E-state index contributed by atoms with van der Waals surface area (Å²) in [5.41, 5.74) is 1.76. The highest BCUT2D eigenvalue weighted by Gasteiger charge is 2.69. The number of nitriles is 1. The number of aromatic amines is 1. The molecule has 0 aliphatic heterocycles. The summed E-state index contributed by atoms with van der Waals surface area (Å²) in [6.07, 6.45) is -1.21. The number of hydrogen-bond acceptors (Lipinski definition) is 9. The number of nitrogens with one attached hydrogen (secondary N) is 3. The summed E-state index contributed by atoms with van der Waals surface area (Å²) in [6, 6.07) is 4.12. The lowest BCUT2D eigenvalue weighted by atomic mass is 9.94. The van der Waals surface area contributed by atoms with Gasteiger partial charge in [-0.1, -0.05) is 23.2 Å². The minimum Gasteiger partial charge on any atom is -0.450 e. The lowest BCUT2D eigenvalue weighted by Crippen LogP contribution is -2.36. The average Bonchev–Trinajstić information content (AvgIpc) is 3.36. The van der Waals surface area contributed by atoms with Crippen LogP contribution < -0.4 is 21.0 Å². The highest BCUT2D eigenvalue weighted by Crippen LogP contribution is 2.61. The second-order valence-electron chi connectivity index (χ2n) is 7.84. The third-order valence-corrected chi connectivity index (χ3v) is 6.24. The molecular formula is C21H16Cl2F2N6O5. The van der Waals surface area contributed by atoms with E-state index < -0.39 is 41.0 Å². The second kappa shape index (κ2) is 9.71. The van der Waals surface area contributed by atoms with Crippen LogP contribution >= 0.6 is 23.2 Å². The van der Waals surface area contributed by atoms with E-state index >= 15 is 0 Å². The molecule has 1 aromatic carbocycles. The van der Waals surface area contributed by atoms with Gasteiger partial charge in [-0.05, 0) is 31.9 Å². The molecule has 0 bridgehead atoms. The molecule has 1 heterocycles. The van der Waals surface area contributed by atoms with E-state index in [9.17, 15) is 23.2 Å². The van der Waals surface area contributed by atoms with Gasteiger partial charge in [0.25, 0.3) is 17.4 Å². The number of carbonyl (C=O) groups excluding carboxylic acids is 2. The normalized spacial score (nSPS) is 19.3. The van der Waals surface area contributed by atoms with Crippen molar-refractivity contribution in [3.8, 4) is 17.7 Å². The van der Waals surface area contributed by atoms with Crippen LogP contribution in [0.4, 0.5) is 19.3 Å². The van der Waals surface area contributed by atoms with Crippen molar-refractivity contribution < 1.29 is 27.8 Å². The lowest BCUT2D eigenvalue weighted by Gasteiger charge is -2.17. The molecule has 0 spiro atoms. The van der Waals surface area contributed by atoms with Crippen LogP contribution in [-0.4, -0.2) is 40.4 Å². The molecular weight excluding hydrogens is 525 g/mol. The van der Waals surface area contributed by atoms with Gasteiger partial charge < -0.3 is 9.47 Å². The third kappa shape index (κ3) is 4.82. The Morgan fingerprint density at radius 1 is 1.28 bits per heavy atom. The minimum atomic E-state index is -2.85. The van der Waals surface area contributed by atoms with Gasteiger partial charge >= 0.3 is 6.09 Å². The molecule has 0 radical (unpaired) electrons. The van der Waals surface area contributed by atoms with Crippen molar-refractivity contribution in [2.75, 3.05) is 12.0 Å². The molecule has 2 aliphatic rings. The molecule has 2 amide bonds. The summed E-state index contributed by atoms with van der Waals surface area (Å²) >= 11 is 12.5. The van der Waals surface area contributed by atoms with E-state index in [1.807, 2.05) is 5.32 Å². The summed E-state index contributed by atoms with van der Waals surface area (Å²) in [7, 11) is 0. The standard InChI is InChI=1S/C21H16Cl2F2N6O5/c1-2-35-20(34)27-18(33)15(7-26)29-28-8-3-13(22)16(14(23)4-8)36-19-10-6-12-11(21(12,24)25)5-9(10)17(32)30-31-19/h3-4,11-12,28H,2,5-6H2,1H3,(H,30,32)(H,27,33,34)/b29-15-. The molecule has 1 saturated carbocycles. The number of fused-ring (bicyclic) bond motifs is 2. The predicted octanol–water partition coefficient (Wildman–Crippen LogP) is 3.41. The van der Waals surface area contributed by atoms with Crippen LogP contribution in [0.5, 0.6) is 11.6 Å². The van der Waals surface area contributed by atoms with Crippen molar-refractivity contribution in [2.24, 2.45) is 16.9 Å². The number of halogens is 4. The van der Waals surface area contributed by atoms with Crippen LogP contribution in [-0.2, 0) is 22.4 Å². The Hall–Kier alpha value is -3.76. The zero-order valence-corrected chi connectivity index (χ0v) is 19.8. The quantitative estimate of drug-likeness (QED) is 0.371. The van der Waals surface area contributed by atoms with Crippen LogP contribution in [0.25, 0.3) is 0 Å². The Labute approximate surface area is 211 Å². The summed E-state index contributed by atoms with van der Waals surface area (Å²) in [4.78, 5) is 35.4. The van der Waals surface area contributed by atoms with Crippen molar-refractivity contribution in [1.82, 2.24) is 15.5 Å². The monoisotopic (exact) mass is 540 g/mol. The number of amides is 2. The van der Waals surface area contributed by atoms with E-state index in [1.54, 1.807) is 0 Å². The molecule has 1 fully saturated rings. The Kier molecular flexibility index (Phi) is 6.83. The van der Waals surface area contributed by atoms with Crippen LogP contribution in [0.2, 0.25) is 10.0 Å². The fraction of sp³-hybridized carbons (Fsp3) is 0.333. The summed E-state index contributed by atoms with van der Waals surface area (Å²) < 4.78 is 38.1. The number of alkyl carbamates (subject to hydrolysis) is 1. The third-order valence-electron chi connectivity index (χ3n) is 5.67. The molecule has 3 N–H and O–H groups in total. The second-order valence-corrected chi connectivity index (χ2v) is 8.65. The molecule has 11 nitrogen and oxygen atoms in total. The maximum Gasteiger partial charge on any atom is 0.414 e. The number of imide groups is 1. The van der Waals surface area contributed by atoms with Crippen LogP contribution in [0.3, 0.4) is 0 Å². The summed E-state index contributed by atoms with van der Waals surface area (Å²) in [5.74, 6) is -5.88. The van der Waals surface area contributed by atoms with Gasteiger partial charge in [0.1, 0.15) is 6.07 Å². The van der Waals surface area contributed by atoms with Gasteiger partial charge in [0.15, 0.2) is 5.75 Å². The molecule has 1 aromatic heterocycles. The number of H-pyrrole nitrogens is 1. The van der Waals surface area contributed by atoms with E-state index in [0.29, 0.717) is 0 Å². The van der Waals surface area contributed by atoms with Gasteiger partial charge in [-0.25, -0.2) is 18.7 Å². The maximum absolute atomic E-state index is 13.9. The molecule has 4 rings (SSSR count). The maximum atomic E-state index is 13.9. The van der Waals surface area contributed by atoms with E-state index in [-0.39, 0.29) is 57.9 Å². The number of nitrogens with zero attached hydrogens (tertiary/aromatic N) is 3. The first-order valence-corrected chi connectivity index (χ1v) is 11.2. The first kappa shape index (κ1) is 25.3. The number of alkyl halides is 2. The zero-order chi connectivity index (χ0) is 26.2. The Morgan fingerprint density at radius 2 is 1.92 bits per heavy atom. The van der Waals surface area contributed by atoms with Gasteiger partial charge in [-0.3, -0.25) is 20.3 Å². The van der Waals surface area contributed by atoms with Gasteiger partial charge in [-0.15, -0.1) is 5.10 Å². The fourth-order valence-electron chi connectivity index (χ4n) is 3.86. The highest BCUT2D eigenvalue weighted by atomic mass is 35.5. The number of hydrazone groups is 1. The van der Waals surface area contributed by atoms with Gasteiger partial charge in [0.2, 0.25) is 11.6 Å². The molecule has 2 unspecified atom stereocenters. The molecule has 0 saturated heterocycles. The van der Waals surface area contributed by atoms with E-state index in [4.69, 9.17) is 33.2 Å². The molecule has 2 aromatic rings. The molecule has 36 heavy (non-hydrogen) atoms. The first-order valence-electron chi connectivity index (χ1n) is 10.4. The van der Waals surface area contributed by atoms with E-state index in [1.165, 1.54) is 25.1 Å². The number of ether oxygens (including phenoxy) is 2. The Morgan fingerprint density at radius 3 is 2.53 bits per heavy atom. The van der Waals surface area contributed by atoms with Gasteiger partial charge in [0, 0.05) is 23.0 Å². The van der Waals surface area contributed by atoms with Crippen molar-refractivity contribution in [3.63, 3.8) is 0 Å². The topological polar surface area (TPSA) is 159 Å². The lowest BCUT2D eigenvalue weighted by molar-refractivity contribution is -0.114. The van der Waals surface area contributed by atoms with E-state index in [2.05, 4.69) is 25.5 Å². The van der Waals surface area contributed by atoms with Gasteiger partial charge in [-0.2, -0.15) is 10.4 Å². The zero-order valence-electron chi connectivity index (χ0n) is 18.3. The summed E-state index contributed by atoms with van der Waals surface area (Å²) in [5, 5.41) is 20.5. The highest BCUT2D eigenvalue weighted by molar-refractivity contribution is 6.47. The first-order chi connectivity index (χ1) is 17.1. The number of aromatic nitrogens is 2. The van der Waals surface area contributed by atoms with Crippen molar-refractivity contribution in [3.05, 3.63) is 43.7 Å². The Bertz CT molecular complexity index is 1370. The largest absolute Gasteiger partial charge is 0.450 e. The number of carbonyl (C=O) groups is 2. The van der Waals surface area contributed by atoms with Crippen molar-refractivity contribution >= 4 is 46.6 Å². The SMILES string of the molecule is CCOC(=O)NC(=O)/C(C#N)=N\Nc1cc(Cl)c(Oc2n[nH]c(=O)c3c2CC2C(C3)C2(F)F)c(Cl)c1. The smallest absolute Gasteiger partial charge is 0.414 e. The van der Waals surface area contributed by atoms with Crippen molar-refractivity contribution in [2.45, 2.75) is 25.7 Å². The average molecular weight is 541 g/mol. The van der Waals surface area contributed by atoms with Crippen LogP contribution in [0.15, 0.2) is 22.0 Å². The summed E-state index contributed by atoms with van der Waals surface area (Å²) in [6.45, 7) is 1.56. The molecule has 2 aliphatic carbocycles.